The molecule has 1 fully saturated rings. The van der Waals surface area contributed by atoms with Gasteiger partial charge in [-0.05, 0) is 32.0 Å². The second-order valence-electron chi connectivity index (χ2n) is 6.46. The Morgan fingerprint density at radius 3 is 2.69 bits per heavy atom. The summed E-state index contributed by atoms with van der Waals surface area (Å²) < 4.78 is 0. The summed E-state index contributed by atoms with van der Waals surface area (Å²) in [6.07, 6.45) is 6.35. The van der Waals surface area contributed by atoms with Gasteiger partial charge in [-0.15, -0.1) is 11.3 Å². The average Bonchev–Trinajstić information content (AvgIpc) is 3.07. The van der Waals surface area contributed by atoms with E-state index in [4.69, 9.17) is 0 Å². The highest BCUT2D eigenvalue weighted by molar-refractivity contribution is 7.18. The Morgan fingerprint density at radius 1 is 1.08 bits per heavy atom. The Bertz CT molecular complexity index is 843. The number of anilines is 2. The first-order valence-electron chi connectivity index (χ1n) is 8.99. The van der Waals surface area contributed by atoms with E-state index in [0.717, 1.165) is 67.7 Å². The van der Waals surface area contributed by atoms with Gasteiger partial charge in [-0.2, -0.15) is 0 Å². The van der Waals surface area contributed by atoms with E-state index in [1.54, 1.807) is 30.1 Å². The van der Waals surface area contributed by atoms with Crippen LogP contribution < -0.4 is 10.2 Å². The highest BCUT2D eigenvalue weighted by Crippen LogP contribution is 2.27. The molecule has 0 unspecified atom stereocenters. The standard InChI is InChI=1S/C18H23N7S/c1-14-12-15-16(22-13-23-17(15)26-14)19-6-3-7-24-8-10-25(11-9-24)18-20-4-2-5-21-18/h2,4-5,12-13H,3,6-11H2,1H3,(H,19,22,23). The van der Waals surface area contributed by atoms with Crippen molar-refractivity contribution in [2.75, 3.05) is 49.5 Å². The topological polar surface area (TPSA) is 70.1 Å². The van der Waals surface area contributed by atoms with Crippen molar-refractivity contribution in [3.8, 4) is 0 Å². The molecule has 8 heteroatoms. The minimum atomic E-state index is 0.840. The molecular weight excluding hydrogens is 346 g/mol. The normalized spacial score (nSPS) is 15.5. The minimum Gasteiger partial charge on any atom is -0.369 e. The number of nitrogens with one attached hydrogen (secondary N) is 1. The quantitative estimate of drug-likeness (QED) is 0.669. The van der Waals surface area contributed by atoms with Crippen LogP contribution >= 0.6 is 11.3 Å². The molecule has 26 heavy (non-hydrogen) atoms. The number of aromatic nitrogens is 4. The number of nitrogens with zero attached hydrogens (tertiary/aromatic N) is 6. The van der Waals surface area contributed by atoms with Crippen LogP contribution in [-0.4, -0.2) is 64.1 Å². The highest BCUT2D eigenvalue weighted by atomic mass is 32.1. The molecule has 0 radical (unpaired) electrons. The van der Waals surface area contributed by atoms with Crippen molar-refractivity contribution >= 4 is 33.3 Å². The van der Waals surface area contributed by atoms with Gasteiger partial charge >= 0.3 is 0 Å². The second-order valence-corrected chi connectivity index (χ2v) is 7.69. The number of hydrogen-bond donors (Lipinski definition) is 1. The molecule has 7 nitrogen and oxygen atoms in total. The van der Waals surface area contributed by atoms with E-state index in [2.05, 4.69) is 48.0 Å². The Balaban J connectivity index is 1.22. The molecule has 0 bridgehead atoms. The summed E-state index contributed by atoms with van der Waals surface area (Å²) in [5.41, 5.74) is 0. The predicted molar refractivity (Wildman–Crippen MR) is 106 cm³/mol. The van der Waals surface area contributed by atoms with Crippen LogP contribution in [0, 0.1) is 6.92 Å². The van der Waals surface area contributed by atoms with E-state index in [1.165, 1.54) is 4.88 Å². The molecule has 0 spiro atoms. The SMILES string of the molecule is Cc1cc2c(NCCCN3CCN(c4ncccn4)CC3)ncnc2s1. The van der Waals surface area contributed by atoms with E-state index >= 15 is 0 Å². The molecule has 1 aliphatic heterocycles. The largest absolute Gasteiger partial charge is 0.369 e. The zero-order valence-corrected chi connectivity index (χ0v) is 15.7. The number of thiophene rings is 1. The summed E-state index contributed by atoms with van der Waals surface area (Å²) in [6, 6.07) is 4.02. The summed E-state index contributed by atoms with van der Waals surface area (Å²) in [7, 11) is 0. The van der Waals surface area contributed by atoms with Gasteiger partial charge in [-0.3, -0.25) is 4.90 Å². The lowest BCUT2D eigenvalue weighted by atomic mass is 10.3. The van der Waals surface area contributed by atoms with E-state index in [-0.39, 0.29) is 0 Å². The van der Waals surface area contributed by atoms with Gasteiger partial charge in [0.2, 0.25) is 5.95 Å². The molecule has 136 valence electrons. The van der Waals surface area contributed by atoms with Gasteiger partial charge in [-0.25, -0.2) is 19.9 Å². The molecule has 0 aliphatic carbocycles. The number of aryl methyl sites for hydroxylation is 1. The third-order valence-electron chi connectivity index (χ3n) is 4.60. The van der Waals surface area contributed by atoms with Gasteiger partial charge in [0, 0.05) is 50.0 Å². The van der Waals surface area contributed by atoms with Crippen LogP contribution in [0.25, 0.3) is 10.2 Å². The van der Waals surface area contributed by atoms with Crippen LogP contribution in [0.1, 0.15) is 11.3 Å². The smallest absolute Gasteiger partial charge is 0.225 e. The van der Waals surface area contributed by atoms with Gasteiger partial charge in [0.15, 0.2) is 0 Å². The molecule has 0 aromatic carbocycles. The van der Waals surface area contributed by atoms with Crippen LogP contribution in [0.3, 0.4) is 0 Å². The predicted octanol–water partition coefficient (Wildman–Crippen LogP) is 2.41. The Morgan fingerprint density at radius 2 is 1.88 bits per heavy atom. The van der Waals surface area contributed by atoms with Crippen molar-refractivity contribution in [2.45, 2.75) is 13.3 Å². The minimum absolute atomic E-state index is 0.840. The molecular formula is C18H23N7S. The lowest BCUT2D eigenvalue weighted by Crippen LogP contribution is -2.47. The number of hydrogen-bond acceptors (Lipinski definition) is 8. The maximum absolute atomic E-state index is 4.40. The zero-order chi connectivity index (χ0) is 17.8. The van der Waals surface area contributed by atoms with Crippen LogP contribution in [-0.2, 0) is 0 Å². The van der Waals surface area contributed by atoms with Gasteiger partial charge < -0.3 is 10.2 Å². The molecule has 1 N–H and O–H groups in total. The van der Waals surface area contributed by atoms with Crippen molar-refractivity contribution in [3.63, 3.8) is 0 Å². The van der Waals surface area contributed by atoms with Crippen LogP contribution in [0.4, 0.5) is 11.8 Å². The maximum atomic E-state index is 4.40. The summed E-state index contributed by atoms with van der Waals surface area (Å²) in [5, 5.41) is 4.60. The molecule has 3 aromatic heterocycles. The van der Waals surface area contributed by atoms with Gasteiger partial charge in [-0.1, -0.05) is 0 Å². The zero-order valence-electron chi connectivity index (χ0n) is 14.9. The molecule has 0 amide bonds. The van der Waals surface area contributed by atoms with Gasteiger partial charge in [0.05, 0.1) is 5.39 Å². The molecule has 0 atom stereocenters. The number of rotatable bonds is 6. The third kappa shape index (κ3) is 3.91. The molecule has 1 saturated heterocycles. The highest BCUT2D eigenvalue weighted by Gasteiger charge is 2.18. The third-order valence-corrected chi connectivity index (χ3v) is 5.56. The maximum Gasteiger partial charge on any atom is 0.225 e. The van der Waals surface area contributed by atoms with Crippen LogP contribution in [0.5, 0.6) is 0 Å². The van der Waals surface area contributed by atoms with E-state index < -0.39 is 0 Å². The lowest BCUT2D eigenvalue weighted by Gasteiger charge is -2.34. The monoisotopic (exact) mass is 369 g/mol. The molecule has 3 aromatic rings. The summed E-state index contributed by atoms with van der Waals surface area (Å²) >= 11 is 1.71. The van der Waals surface area contributed by atoms with Crippen LogP contribution in [0.2, 0.25) is 0 Å². The van der Waals surface area contributed by atoms with Crippen molar-refractivity contribution in [1.82, 2.24) is 24.8 Å². The Kier molecular flexibility index (Phi) is 5.21. The van der Waals surface area contributed by atoms with Gasteiger partial charge in [0.25, 0.3) is 0 Å². The first-order valence-corrected chi connectivity index (χ1v) is 9.80. The van der Waals surface area contributed by atoms with E-state index in [0.29, 0.717) is 0 Å². The first kappa shape index (κ1) is 17.1. The van der Waals surface area contributed by atoms with E-state index in [9.17, 15) is 0 Å². The van der Waals surface area contributed by atoms with Crippen molar-refractivity contribution in [3.05, 3.63) is 35.7 Å². The lowest BCUT2D eigenvalue weighted by molar-refractivity contribution is 0.256. The van der Waals surface area contributed by atoms with Crippen molar-refractivity contribution in [1.29, 1.82) is 0 Å². The molecule has 0 saturated carbocycles. The van der Waals surface area contributed by atoms with Crippen LogP contribution in [0.15, 0.2) is 30.9 Å². The molecule has 4 heterocycles. The summed E-state index contributed by atoms with van der Waals surface area (Å²) in [4.78, 5) is 24.5. The number of piperazine rings is 1. The Labute approximate surface area is 157 Å². The van der Waals surface area contributed by atoms with Crippen molar-refractivity contribution < 1.29 is 0 Å². The van der Waals surface area contributed by atoms with Crippen molar-refractivity contribution in [2.24, 2.45) is 0 Å². The fraction of sp³-hybridized carbons (Fsp3) is 0.444. The molecule has 4 rings (SSSR count). The average molecular weight is 369 g/mol. The Hall–Kier alpha value is -2.32. The number of fused-ring (bicyclic) bond motifs is 1. The first-order chi connectivity index (χ1) is 12.8. The molecule has 1 aliphatic rings. The second kappa shape index (κ2) is 7.92. The summed E-state index contributed by atoms with van der Waals surface area (Å²) in [5.74, 6) is 1.79. The summed E-state index contributed by atoms with van der Waals surface area (Å²) in [6.45, 7) is 8.20. The fourth-order valence-corrected chi connectivity index (χ4v) is 4.10. The fourth-order valence-electron chi connectivity index (χ4n) is 3.25. The van der Waals surface area contributed by atoms with Gasteiger partial charge in [0.1, 0.15) is 17.0 Å². The van der Waals surface area contributed by atoms with E-state index in [1.807, 2.05) is 6.07 Å².